The lowest BCUT2D eigenvalue weighted by Gasteiger charge is -2.26. The molecule has 1 aromatic carbocycles. The minimum Gasteiger partial charge on any atom is -0.444 e. The second kappa shape index (κ2) is 7.11. The summed E-state index contributed by atoms with van der Waals surface area (Å²) < 4.78 is 18.7. The molecule has 0 heterocycles. The van der Waals surface area contributed by atoms with E-state index in [1.54, 1.807) is 33.8 Å². The molecule has 0 spiro atoms. The molecule has 0 saturated carbocycles. The molecular weight excluding hydrogens is 289 g/mol. The quantitative estimate of drug-likeness (QED) is 0.775. The Hall–Kier alpha value is -2.31. The van der Waals surface area contributed by atoms with E-state index in [0.29, 0.717) is 0 Å². The number of hydrogen-bond donors (Lipinski definition) is 3. The van der Waals surface area contributed by atoms with Gasteiger partial charge in [-0.25, -0.2) is 9.18 Å². The van der Waals surface area contributed by atoms with E-state index >= 15 is 0 Å². The Bertz CT molecular complexity index is 543. The van der Waals surface area contributed by atoms with Gasteiger partial charge in [0.25, 0.3) is 0 Å². The standard InChI is InChI=1S/C15H22FN3O3/c1-9(18-14(21)22-15(2,3)4)12(13(17)20)19-11-8-6-5-7-10(11)16/h5-9,12,19H,1-4H3,(H2,17,20)(H,18,21). The van der Waals surface area contributed by atoms with E-state index in [1.807, 2.05) is 0 Å². The Morgan fingerprint density at radius 1 is 1.27 bits per heavy atom. The third-order valence-corrected chi connectivity index (χ3v) is 2.74. The molecule has 122 valence electrons. The predicted octanol–water partition coefficient (Wildman–Crippen LogP) is 2.00. The van der Waals surface area contributed by atoms with Crippen LogP contribution in [0.1, 0.15) is 27.7 Å². The number of alkyl carbamates (subject to hydrolysis) is 1. The van der Waals surface area contributed by atoms with Gasteiger partial charge >= 0.3 is 6.09 Å². The van der Waals surface area contributed by atoms with Crippen LogP contribution in [0.2, 0.25) is 0 Å². The molecule has 6 nitrogen and oxygen atoms in total. The zero-order chi connectivity index (χ0) is 16.9. The molecule has 0 aliphatic carbocycles. The zero-order valence-electron chi connectivity index (χ0n) is 13.1. The van der Waals surface area contributed by atoms with Gasteiger partial charge in [-0.3, -0.25) is 4.79 Å². The first-order chi connectivity index (χ1) is 10.1. The number of anilines is 1. The molecule has 0 aliphatic heterocycles. The fourth-order valence-corrected chi connectivity index (χ4v) is 1.77. The fourth-order valence-electron chi connectivity index (χ4n) is 1.77. The van der Waals surface area contributed by atoms with E-state index in [4.69, 9.17) is 10.5 Å². The number of amides is 2. The third kappa shape index (κ3) is 5.59. The van der Waals surface area contributed by atoms with Crippen molar-refractivity contribution in [2.45, 2.75) is 45.4 Å². The SMILES string of the molecule is CC(NC(=O)OC(C)(C)C)C(Nc1ccccc1F)C(N)=O. The van der Waals surface area contributed by atoms with Crippen LogP contribution < -0.4 is 16.4 Å². The van der Waals surface area contributed by atoms with Gasteiger partial charge in [-0.15, -0.1) is 0 Å². The number of carbonyl (C=O) groups is 2. The second-order valence-electron chi connectivity index (χ2n) is 5.94. The number of nitrogens with one attached hydrogen (secondary N) is 2. The molecule has 2 amide bonds. The van der Waals surface area contributed by atoms with Gasteiger partial charge in [-0.05, 0) is 39.8 Å². The van der Waals surface area contributed by atoms with Crippen molar-refractivity contribution >= 4 is 17.7 Å². The molecule has 0 saturated heterocycles. The van der Waals surface area contributed by atoms with E-state index in [-0.39, 0.29) is 5.69 Å². The van der Waals surface area contributed by atoms with Crippen LogP contribution in [0.3, 0.4) is 0 Å². The summed E-state index contributed by atoms with van der Waals surface area (Å²) in [6.45, 7) is 6.74. The van der Waals surface area contributed by atoms with Crippen LogP contribution in [0.15, 0.2) is 24.3 Å². The summed E-state index contributed by atoms with van der Waals surface area (Å²) in [4.78, 5) is 23.3. The Labute approximate surface area is 129 Å². The number of nitrogens with two attached hydrogens (primary N) is 1. The fraction of sp³-hybridized carbons (Fsp3) is 0.467. The predicted molar refractivity (Wildman–Crippen MR) is 81.8 cm³/mol. The first-order valence-corrected chi connectivity index (χ1v) is 6.90. The minimum atomic E-state index is -0.982. The van der Waals surface area contributed by atoms with Crippen molar-refractivity contribution in [1.82, 2.24) is 5.32 Å². The molecule has 0 aromatic heterocycles. The summed E-state index contributed by atoms with van der Waals surface area (Å²) in [6, 6.07) is 4.21. The van der Waals surface area contributed by atoms with E-state index in [9.17, 15) is 14.0 Å². The van der Waals surface area contributed by atoms with Gasteiger partial charge in [-0.2, -0.15) is 0 Å². The van der Waals surface area contributed by atoms with Crippen molar-refractivity contribution in [2.75, 3.05) is 5.32 Å². The monoisotopic (exact) mass is 311 g/mol. The molecule has 0 bridgehead atoms. The molecule has 7 heteroatoms. The largest absolute Gasteiger partial charge is 0.444 e. The molecule has 22 heavy (non-hydrogen) atoms. The smallest absolute Gasteiger partial charge is 0.407 e. The van der Waals surface area contributed by atoms with Crippen LogP contribution in [0.25, 0.3) is 0 Å². The van der Waals surface area contributed by atoms with Crippen molar-refractivity contribution < 1.29 is 18.7 Å². The average molecular weight is 311 g/mol. The van der Waals surface area contributed by atoms with Crippen molar-refractivity contribution in [3.8, 4) is 0 Å². The summed E-state index contributed by atoms with van der Waals surface area (Å²) in [6.07, 6.45) is -0.679. The van der Waals surface area contributed by atoms with E-state index in [1.165, 1.54) is 18.2 Å². The van der Waals surface area contributed by atoms with Gasteiger partial charge in [0.05, 0.1) is 11.7 Å². The van der Waals surface area contributed by atoms with Gasteiger partial charge in [0.15, 0.2) is 0 Å². The van der Waals surface area contributed by atoms with Gasteiger partial charge in [-0.1, -0.05) is 12.1 Å². The maximum atomic E-state index is 13.6. The lowest BCUT2D eigenvalue weighted by Crippen LogP contribution is -2.52. The molecule has 0 radical (unpaired) electrons. The summed E-state index contributed by atoms with van der Waals surface area (Å²) in [5.74, 6) is -1.23. The maximum absolute atomic E-state index is 13.6. The van der Waals surface area contributed by atoms with E-state index < -0.39 is 35.5 Å². The van der Waals surface area contributed by atoms with Crippen molar-refractivity contribution in [3.05, 3.63) is 30.1 Å². The maximum Gasteiger partial charge on any atom is 0.407 e. The molecule has 4 N–H and O–H groups in total. The van der Waals surface area contributed by atoms with Crippen LogP contribution in [-0.2, 0) is 9.53 Å². The van der Waals surface area contributed by atoms with Crippen molar-refractivity contribution in [2.24, 2.45) is 5.73 Å². The van der Waals surface area contributed by atoms with Gasteiger partial charge < -0.3 is 21.1 Å². The Balaban J connectivity index is 2.77. The number of rotatable bonds is 5. The Kier molecular flexibility index (Phi) is 5.73. The number of hydrogen-bond acceptors (Lipinski definition) is 4. The summed E-state index contributed by atoms with van der Waals surface area (Å²) >= 11 is 0. The lowest BCUT2D eigenvalue weighted by atomic mass is 10.1. The van der Waals surface area contributed by atoms with Crippen molar-refractivity contribution in [3.63, 3.8) is 0 Å². The Morgan fingerprint density at radius 2 is 1.86 bits per heavy atom. The van der Waals surface area contributed by atoms with Gasteiger partial charge in [0.2, 0.25) is 5.91 Å². The zero-order valence-corrected chi connectivity index (χ0v) is 13.1. The number of benzene rings is 1. The number of para-hydroxylation sites is 1. The minimum absolute atomic E-state index is 0.129. The molecule has 0 aliphatic rings. The first kappa shape index (κ1) is 17.7. The molecule has 1 rings (SSSR count). The summed E-state index contributed by atoms with van der Waals surface area (Å²) in [5, 5.41) is 5.21. The highest BCUT2D eigenvalue weighted by Gasteiger charge is 2.27. The normalized spacial score (nSPS) is 13.9. The average Bonchev–Trinajstić information content (AvgIpc) is 2.34. The van der Waals surface area contributed by atoms with Gasteiger partial charge in [0, 0.05) is 0 Å². The van der Waals surface area contributed by atoms with Crippen LogP contribution >= 0.6 is 0 Å². The topological polar surface area (TPSA) is 93.4 Å². The molecular formula is C15H22FN3O3. The highest BCUT2D eigenvalue weighted by Crippen LogP contribution is 2.15. The molecule has 0 fully saturated rings. The Morgan fingerprint density at radius 3 is 2.36 bits per heavy atom. The van der Waals surface area contributed by atoms with Crippen LogP contribution in [0.5, 0.6) is 0 Å². The number of primary amides is 1. The summed E-state index contributed by atoms with van der Waals surface area (Å²) in [7, 11) is 0. The highest BCUT2D eigenvalue weighted by molar-refractivity contribution is 5.84. The number of carbonyl (C=O) groups excluding carboxylic acids is 2. The van der Waals surface area contributed by atoms with Crippen LogP contribution in [0, 0.1) is 5.82 Å². The van der Waals surface area contributed by atoms with Crippen molar-refractivity contribution in [1.29, 1.82) is 0 Å². The molecule has 1 aromatic rings. The lowest BCUT2D eigenvalue weighted by molar-refractivity contribution is -0.119. The molecule has 2 atom stereocenters. The van der Waals surface area contributed by atoms with Crippen LogP contribution in [-0.4, -0.2) is 29.7 Å². The van der Waals surface area contributed by atoms with Gasteiger partial charge in [0.1, 0.15) is 17.5 Å². The summed E-state index contributed by atoms with van der Waals surface area (Å²) in [5.41, 5.74) is 4.79. The van der Waals surface area contributed by atoms with E-state index in [2.05, 4.69) is 10.6 Å². The first-order valence-electron chi connectivity index (χ1n) is 6.90. The number of ether oxygens (including phenoxy) is 1. The molecule has 2 unspecified atom stereocenters. The number of halogens is 1. The third-order valence-electron chi connectivity index (χ3n) is 2.74. The highest BCUT2D eigenvalue weighted by atomic mass is 19.1. The van der Waals surface area contributed by atoms with Crippen LogP contribution in [0.4, 0.5) is 14.9 Å². The van der Waals surface area contributed by atoms with E-state index in [0.717, 1.165) is 0 Å². The second-order valence-corrected chi connectivity index (χ2v) is 5.94.